The molecule has 1 aliphatic rings. The van der Waals surface area contributed by atoms with Crippen molar-refractivity contribution < 1.29 is 4.79 Å². The number of para-hydroxylation sites is 1. The molecule has 0 saturated carbocycles. The lowest BCUT2D eigenvalue weighted by molar-refractivity contribution is -0.117. The van der Waals surface area contributed by atoms with Gasteiger partial charge in [0.15, 0.2) is 0 Å². The van der Waals surface area contributed by atoms with Crippen LogP contribution >= 0.6 is 0 Å². The molecule has 1 aromatic heterocycles. The number of nitrogens with zero attached hydrogens (tertiary/aromatic N) is 4. The summed E-state index contributed by atoms with van der Waals surface area (Å²) in [6.07, 6.45) is 3.16. The number of carbonyl (C=O) groups is 1. The average molecular weight is 310 g/mol. The smallest absolute Gasteiger partial charge is 0.227 e. The van der Waals surface area contributed by atoms with Gasteiger partial charge in [0, 0.05) is 50.9 Å². The van der Waals surface area contributed by atoms with Gasteiger partial charge in [-0.1, -0.05) is 18.2 Å². The molecule has 0 bridgehead atoms. The predicted octanol–water partition coefficient (Wildman–Crippen LogP) is 2.45. The van der Waals surface area contributed by atoms with Crippen LogP contribution in [0.15, 0.2) is 36.5 Å². The van der Waals surface area contributed by atoms with Gasteiger partial charge in [-0.2, -0.15) is 0 Å². The lowest BCUT2D eigenvalue weighted by atomic mass is 10.0. The van der Waals surface area contributed by atoms with Gasteiger partial charge in [-0.3, -0.25) is 4.79 Å². The van der Waals surface area contributed by atoms with Gasteiger partial charge in [0.1, 0.15) is 11.6 Å². The number of aryl methyl sites for hydroxylation is 1. The van der Waals surface area contributed by atoms with Crippen molar-refractivity contribution in [3.05, 3.63) is 47.9 Å². The molecular formula is C18H22N4O. The zero-order valence-electron chi connectivity index (χ0n) is 13.9. The number of benzene rings is 1. The minimum atomic E-state index is 0.182. The maximum atomic E-state index is 12.3. The number of aromatic nitrogens is 2. The highest BCUT2D eigenvalue weighted by Gasteiger charge is 2.31. The van der Waals surface area contributed by atoms with Gasteiger partial charge in [0.2, 0.25) is 5.91 Å². The Hall–Kier alpha value is -2.43. The Morgan fingerprint density at radius 2 is 2.00 bits per heavy atom. The summed E-state index contributed by atoms with van der Waals surface area (Å²) in [6, 6.07) is 9.84. The van der Waals surface area contributed by atoms with Crippen molar-refractivity contribution >= 4 is 17.4 Å². The second kappa shape index (κ2) is 6.36. The van der Waals surface area contributed by atoms with E-state index in [1.165, 1.54) is 0 Å². The highest BCUT2D eigenvalue weighted by Crippen LogP contribution is 2.27. The summed E-state index contributed by atoms with van der Waals surface area (Å²) in [6.45, 7) is 2.74. The first-order valence-corrected chi connectivity index (χ1v) is 7.90. The number of anilines is 2. The number of hydrogen-bond donors (Lipinski definition) is 0. The second-order valence-corrected chi connectivity index (χ2v) is 6.30. The molecule has 5 heteroatoms. The van der Waals surface area contributed by atoms with Crippen molar-refractivity contribution in [2.24, 2.45) is 5.92 Å². The van der Waals surface area contributed by atoms with Gasteiger partial charge >= 0.3 is 0 Å². The van der Waals surface area contributed by atoms with Crippen LogP contribution in [0.4, 0.5) is 11.5 Å². The summed E-state index contributed by atoms with van der Waals surface area (Å²) in [7, 11) is 3.96. The summed E-state index contributed by atoms with van der Waals surface area (Å²) in [4.78, 5) is 25.2. The van der Waals surface area contributed by atoms with Crippen molar-refractivity contribution in [3.63, 3.8) is 0 Å². The van der Waals surface area contributed by atoms with E-state index in [2.05, 4.69) is 9.97 Å². The first kappa shape index (κ1) is 15.5. The largest absolute Gasteiger partial charge is 0.362 e. The fraction of sp³-hybridized carbons (Fsp3) is 0.389. The standard InChI is InChI=1S/C18H22N4O/c1-13-11-19-16(20-18(13)21(2)3)9-14-10-17(23)22(12-14)15-7-5-4-6-8-15/h4-8,11,14H,9-10,12H2,1-3H3. The molecule has 0 N–H and O–H groups in total. The minimum absolute atomic E-state index is 0.182. The molecule has 1 aromatic carbocycles. The van der Waals surface area contributed by atoms with Gasteiger partial charge in [-0.25, -0.2) is 9.97 Å². The molecule has 0 spiro atoms. The number of amides is 1. The van der Waals surface area contributed by atoms with Gasteiger partial charge < -0.3 is 9.80 Å². The third-order valence-electron chi connectivity index (χ3n) is 4.16. The van der Waals surface area contributed by atoms with E-state index in [-0.39, 0.29) is 11.8 Å². The summed E-state index contributed by atoms with van der Waals surface area (Å²) in [5, 5.41) is 0. The Balaban J connectivity index is 1.73. The molecule has 1 atom stereocenters. The molecule has 1 unspecified atom stereocenters. The molecule has 2 aromatic rings. The molecule has 3 rings (SSSR count). The van der Waals surface area contributed by atoms with E-state index in [0.717, 1.165) is 35.9 Å². The SMILES string of the molecule is Cc1cnc(CC2CC(=O)N(c3ccccc3)C2)nc1N(C)C. The number of carbonyl (C=O) groups excluding carboxylic acids is 1. The van der Waals surface area contributed by atoms with Crippen molar-refractivity contribution in [2.75, 3.05) is 30.4 Å². The van der Waals surface area contributed by atoms with Crippen LogP contribution in [-0.4, -0.2) is 36.5 Å². The highest BCUT2D eigenvalue weighted by molar-refractivity contribution is 5.95. The molecule has 1 saturated heterocycles. The zero-order valence-corrected chi connectivity index (χ0v) is 13.9. The van der Waals surface area contributed by atoms with E-state index in [0.29, 0.717) is 6.42 Å². The van der Waals surface area contributed by atoms with Crippen LogP contribution in [-0.2, 0) is 11.2 Å². The van der Waals surface area contributed by atoms with Crippen LogP contribution < -0.4 is 9.80 Å². The Bertz CT molecular complexity index is 699. The number of hydrogen-bond acceptors (Lipinski definition) is 4. The van der Waals surface area contributed by atoms with E-state index >= 15 is 0 Å². The van der Waals surface area contributed by atoms with Crippen LogP contribution in [0, 0.1) is 12.8 Å². The maximum Gasteiger partial charge on any atom is 0.227 e. The lowest BCUT2D eigenvalue weighted by Crippen LogP contribution is -2.24. The van der Waals surface area contributed by atoms with E-state index in [1.807, 2.05) is 67.3 Å². The van der Waals surface area contributed by atoms with Crippen molar-refractivity contribution in [1.82, 2.24) is 9.97 Å². The number of rotatable bonds is 4. The van der Waals surface area contributed by atoms with Crippen LogP contribution in [0.1, 0.15) is 17.8 Å². The first-order chi connectivity index (χ1) is 11.0. The Labute approximate surface area is 137 Å². The summed E-state index contributed by atoms with van der Waals surface area (Å²) < 4.78 is 0. The highest BCUT2D eigenvalue weighted by atomic mass is 16.2. The summed E-state index contributed by atoms with van der Waals surface area (Å²) in [5.74, 6) is 2.20. The molecule has 23 heavy (non-hydrogen) atoms. The molecule has 1 fully saturated rings. The van der Waals surface area contributed by atoms with Gasteiger partial charge in [0.05, 0.1) is 0 Å². The summed E-state index contributed by atoms with van der Waals surface area (Å²) >= 11 is 0. The fourth-order valence-electron chi connectivity index (χ4n) is 3.05. The Morgan fingerprint density at radius 3 is 2.70 bits per heavy atom. The molecule has 0 aliphatic carbocycles. The molecule has 1 aliphatic heterocycles. The zero-order chi connectivity index (χ0) is 16.4. The van der Waals surface area contributed by atoms with Gasteiger partial charge in [-0.15, -0.1) is 0 Å². The third-order valence-corrected chi connectivity index (χ3v) is 4.16. The summed E-state index contributed by atoms with van der Waals surface area (Å²) in [5.41, 5.74) is 2.03. The lowest BCUT2D eigenvalue weighted by Gasteiger charge is -2.17. The second-order valence-electron chi connectivity index (χ2n) is 6.30. The Morgan fingerprint density at radius 1 is 1.26 bits per heavy atom. The van der Waals surface area contributed by atoms with Gasteiger partial charge in [-0.05, 0) is 25.0 Å². The predicted molar refractivity (Wildman–Crippen MR) is 91.7 cm³/mol. The molecule has 120 valence electrons. The van der Waals surface area contributed by atoms with Crippen LogP contribution in [0.3, 0.4) is 0 Å². The molecular weight excluding hydrogens is 288 g/mol. The van der Waals surface area contributed by atoms with Crippen LogP contribution in [0.25, 0.3) is 0 Å². The Kier molecular flexibility index (Phi) is 4.28. The van der Waals surface area contributed by atoms with Crippen LogP contribution in [0.5, 0.6) is 0 Å². The van der Waals surface area contributed by atoms with E-state index in [1.54, 1.807) is 0 Å². The first-order valence-electron chi connectivity index (χ1n) is 7.90. The fourth-order valence-corrected chi connectivity index (χ4v) is 3.05. The normalized spacial score (nSPS) is 17.6. The molecule has 2 heterocycles. The van der Waals surface area contributed by atoms with E-state index < -0.39 is 0 Å². The molecule has 0 radical (unpaired) electrons. The monoisotopic (exact) mass is 310 g/mol. The quantitative estimate of drug-likeness (QED) is 0.870. The van der Waals surface area contributed by atoms with E-state index in [9.17, 15) is 4.79 Å². The third kappa shape index (κ3) is 3.33. The average Bonchev–Trinajstić information content (AvgIpc) is 2.90. The minimum Gasteiger partial charge on any atom is -0.362 e. The van der Waals surface area contributed by atoms with E-state index in [4.69, 9.17) is 0 Å². The molecule has 1 amide bonds. The van der Waals surface area contributed by atoms with Crippen LogP contribution in [0.2, 0.25) is 0 Å². The van der Waals surface area contributed by atoms with Gasteiger partial charge in [0.25, 0.3) is 0 Å². The topological polar surface area (TPSA) is 49.3 Å². The van der Waals surface area contributed by atoms with Crippen molar-refractivity contribution in [2.45, 2.75) is 19.8 Å². The maximum absolute atomic E-state index is 12.3. The van der Waals surface area contributed by atoms with Crippen molar-refractivity contribution in [3.8, 4) is 0 Å². The van der Waals surface area contributed by atoms with Crippen molar-refractivity contribution in [1.29, 1.82) is 0 Å². The molecule has 5 nitrogen and oxygen atoms in total.